The minimum Gasteiger partial charge on any atom is -0.393 e. The zero-order valence-corrected chi connectivity index (χ0v) is 22.0. The van der Waals surface area contributed by atoms with E-state index in [9.17, 15) is 9.90 Å². The Morgan fingerprint density at radius 1 is 1.03 bits per heavy atom. The summed E-state index contributed by atoms with van der Waals surface area (Å²) < 4.78 is 0. The van der Waals surface area contributed by atoms with Crippen molar-refractivity contribution in [3.05, 3.63) is 95.0 Å². The van der Waals surface area contributed by atoms with Crippen molar-refractivity contribution >= 4 is 28.8 Å². The highest BCUT2D eigenvalue weighted by Gasteiger charge is 2.20. The van der Waals surface area contributed by atoms with Crippen molar-refractivity contribution in [3.8, 4) is 10.6 Å². The van der Waals surface area contributed by atoms with Crippen LogP contribution in [0.2, 0.25) is 0 Å². The van der Waals surface area contributed by atoms with Crippen LogP contribution in [0, 0.1) is 5.92 Å². The minimum absolute atomic E-state index is 0.121. The number of aliphatic hydroxyl groups is 1. The molecule has 37 heavy (non-hydrogen) atoms. The maximum atomic E-state index is 12.9. The molecular formula is C31H33N3O2S. The second-order valence-corrected chi connectivity index (χ2v) is 11.2. The molecule has 1 aliphatic rings. The van der Waals surface area contributed by atoms with E-state index in [0.29, 0.717) is 18.3 Å². The molecule has 0 aliphatic heterocycles. The number of aliphatic hydroxyl groups excluding tert-OH is 1. The summed E-state index contributed by atoms with van der Waals surface area (Å²) in [6, 6.07) is 24.3. The lowest BCUT2D eigenvalue weighted by molar-refractivity contribution is 0.0979. The summed E-state index contributed by atoms with van der Waals surface area (Å²) in [5.74, 6) is 1.50. The average Bonchev–Trinajstić information content (AvgIpc) is 3.42. The van der Waals surface area contributed by atoms with Crippen molar-refractivity contribution < 1.29 is 9.90 Å². The Kier molecular flexibility index (Phi) is 8.07. The quantitative estimate of drug-likeness (QED) is 0.229. The molecule has 5 rings (SSSR count). The zero-order chi connectivity index (χ0) is 25.6. The Labute approximate surface area is 222 Å². The van der Waals surface area contributed by atoms with Crippen LogP contribution in [0.1, 0.15) is 65.7 Å². The Bertz CT molecular complexity index is 1330. The van der Waals surface area contributed by atoms with E-state index >= 15 is 0 Å². The first-order chi connectivity index (χ1) is 18.0. The molecule has 2 heterocycles. The SMILES string of the molecule is C[C@@H](CC(=O)c1ccc(-c2ccnc(Nc3cccc(CC4CCC(O)CC4)c3)n2)s1)c1ccccc1. The molecule has 0 amide bonds. The van der Waals surface area contributed by atoms with Crippen LogP contribution >= 0.6 is 11.3 Å². The van der Waals surface area contributed by atoms with E-state index in [-0.39, 0.29) is 17.8 Å². The highest BCUT2D eigenvalue weighted by Crippen LogP contribution is 2.31. The first-order valence-electron chi connectivity index (χ1n) is 13.1. The van der Waals surface area contributed by atoms with Crippen molar-refractivity contribution in [2.24, 2.45) is 5.92 Å². The number of aromatic nitrogens is 2. The van der Waals surface area contributed by atoms with Gasteiger partial charge >= 0.3 is 0 Å². The fraction of sp³-hybridized carbons (Fsp3) is 0.323. The predicted octanol–water partition coefficient (Wildman–Crippen LogP) is 7.42. The number of ketones is 1. The van der Waals surface area contributed by atoms with Gasteiger partial charge in [-0.1, -0.05) is 49.4 Å². The molecule has 0 spiro atoms. The topological polar surface area (TPSA) is 75.1 Å². The van der Waals surface area contributed by atoms with Crippen LogP contribution < -0.4 is 5.32 Å². The van der Waals surface area contributed by atoms with Crippen LogP contribution in [-0.2, 0) is 6.42 Å². The summed E-state index contributed by atoms with van der Waals surface area (Å²) >= 11 is 1.48. The molecule has 1 aliphatic carbocycles. The number of benzene rings is 2. The van der Waals surface area contributed by atoms with Crippen molar-refractivity contribution in [2.45, 2.75) is 57.5 Å². The van der Waals surface area contributed by atoms with Gasteiger partial charge in [-0.3, -0.25) is 4.79 Å². The fourth-order valence-electron chi connectivity index (χ4n) is 5.05. The second kappa shape index (κ2) is 11.8. The number of nitrogens with one attached hydrogen (secondary N) is 1. The van der Waals surface area contributed by atoms with Crippen molar-refractivity contribution in [1.82, 2.24) is 9.97 Å². The van der Waals surface area contributed by atoms with E-state index in [2.05, 4.69) is 47.6 Å². The number of rotatable bonds is 9. The molecule has 6 heteroatoms. The summed E-state index contributed by atoms with van der Waals surface area (Å²) in [4.78, 5) is 23.8. The van der Waals surface area contributed by atoms with Gasteiger partial charge in [-0.25, -0.2) is 9.97 Å². The first-order valence-corrected chi connectivity index (χ1v) is 13.9. The van der Waals surface area contributed by atoms with Gasteiger partial charge in [0, 0.05) is 18.3 Å². The van der Waals surface area contributed by atoms with Gasteiger partial charge in [-0.05, 0) is 85.4 Å². The maximum absolute atomic E-state index is 12.9. The molecule has 0 radical (unpaired) electrons. The van der Waals surface area contributed by atoms with Crippen LogP contribution in [0.15, 0.2) is 79.0 Å². The van der Waals surface area contributed by atoms with Crippen LogP contribution in [0.3, 0.4) is 0 Å². The lowest BCUT2D eigenvalue weighted by Crippen LogP contribution is -2.19. The first kappa shape index (κ1) is 25.3. The number of carbonyl (C=O) groups is 1. The minimum atomic E-state index is -0.121. The molecule has 2 aromatic carbocycles. The van der Waals surface area contributed by atoms with Gasteiger partial charge in [0.05, 0.1) is 21.6 Å². The summed E-state index contributed by atoms with van der Waals surface area (Å²) in [5.41, 5.74) is 4.23. The van der Waals surface area contributed by atoms with Gasteiger partial charge in [-0.15, -0.1) is 11.3 Å². The van der Waals surface area contributed by atoms with E-state index in [1.807, 2.05) is 42.5 Å². The number of carbonyl (C=O) groups excluding carboxylic acids is 1. The Morgan fingerprint density at radius 2 is 1.84 bits per heavy atom. The lowest BCUT2D eigenvalue weighted by Gasteiger charge is -2.25. The van der Waals surface area contributed by atoms with Gasteiger partial charge in [0.25, 0.3) is 0 Å². The van der Waals surface area contributed by atoms with Crippen LogP contribution in [-0.4, -0.2) is 27.0 Å². The molecule has 1 atom stereocenters. The molecule has 1 saturated carbocycles. The normalized spacial score (nSPS) is 18.3. The third-order valence-corrected chi connectivity index (χ3v) is 8.32. The van der Waals surface area contributed by atoms with Gasteiger partial charge in [-0.2, -0.15) is 0 Å². The Hall–Kier alpha value is -3.35. The molecule has 1 fully saturated rings. The van der Waals surface area contributed by atoms with Crippen molar-refractivity contribution in [2.75, 3.05) is 5.32 Å². The van der Waals surface area contributed by atoms with Gasteiger partial charge in [0.1, 0.15) is 0 Å². The number of anilines is 2. The third-order valence-electron chi connectivity index (χ3n) is 7.17. The molecule has 4 aromatic rings. The predicted molar refractivity (Wildman–Crippen MR) is 151 cm³/mol. The number of thiophene rings is 1. The molecule has 190 valence electrons. The van der Waals surface area contributed by atoms with E-state index in [1.54, 1.807) is 6.20 Å². The summed E-state index contributed by atoms with van der Waals surface area (Å²) in [6.07, 6.45) is 7.12. The maximum Gasteiger partial charge on any atom is 0.227 e. The molecule has 2 N–H and O–H groups in total. The lowest BCUT2D eigenvalue weighted by atomic mass is 9.83. The zero-order valence-electron chi connectivity index (χ0n) is 21.1. The van der Waals surface area contributed by atoms with Crippen LogP contribution in [0.4, 0.5) is 11.6 Å². The molecule has 0 saturated heterocycles. The van der Waals surface area contributed by atoms with E-state index in [1.165, 1.54) is 22.5 Å². The molecule has 5 nitrogen and oxygen atoms in total. The summed E-state index contributed by atoms with van der Waals surface area (Å²) in [6.45, 7) is 2.10. The number of hydrogen-bond acceptors (Lipinski definition) is 6. The van der Waals surface area contributed by atoms with Gasteiger partial charge in [0.15, 0.2) is 5.78 Å². The summed E-state index contributed by atoms with van der Waals surface area (Å²) in [5, 5.41) is 13.1. The number of hydrogen-bond donors (Lipinski definition) is 2. The third kappa shape index (κ3) is 6.70. The van der Waals surface area contributed by atoms with Gasteiger partial charge in [0.2, 0.25) is 5.95 Å². The van der Waals surface area contributed by atoms with E-state index < -0.39 is 0 Å². The second-order valence-electron chi connectivity index (χ2n) is 10.1. The van der Waals surface area contributed by atoms with E-state index in [0.717, 1.165) is 53.2 Å². The standard InChI is InChI=1S/C31H33N3O2S/c1-21(24-7-3-2-4-8-24)18-28(36)30-15-14-29(37-30)27-16-17-32-31(34-27)33-25-9-5-6-23(20-25)19-22-10-12-26(35)13-11-22/h2-9,14-17,20-22,26,35H,10-13,18-19H2,1H3,(H,32,33,34)/t21-,22?,26?/m0/s1. The molecule has 2 aromatic heterocycles. The largest absolute Gasteiger partial charge is 0.393 e. The Balaban J connectivity index is 1.23. The van der Waals surface area contributed by atoms with Crippen LogP contribution in [0.25, 0.3) is 10.6 Å². The monoisotopic (exact) mass is 511 g/mol. The van der Waals surface area contributed by atoms with Crippen molar-refractivity contribution in [1.29, 1.82) is 0 Å². The molecule has 0 unspecified atom stereocenters. The summed E-state index contributed by atoms with van der Waals surface area (Å²) in [7, 11) is 0. The highest BCUT2D eigenvalue weighted by atomic mass is 32.1. The number of nitrogens with zero attached hydrogens (tertiary/aromatic N) is 2. The van der Waals surface area contributed by atoms with Crippen LogP contribution in [0.5, 0.6) is 0 Å². The fourth-order valence-corrected chi connectivity index (χ4v) is 5.97. The molecule has 0 bridgehead atoms. The van der Waals surface area contributed by atoms with Crippen molar-refractivity contribution in [3.63, 3.8) is 0 Å². The smallest absolute Gasteiger partial charge is 0.227 e. The molecular weight excluding hydrogens is 478 g/mol. The van der Waals surface area contributed by atoms with Gasteiger partial charge < -0.3 is 10.4 Å². The van der Waals surface area contributed by atoms with E-state index in [4.69, 9.17) is 4.98 Å². The average molecular weight is 512 g/mol. The highest BCUT2D eigenvalue weighted by molar-refractivity contribution is 7.17. The number of Topliss-reactive ketones (excluding diaryl/α,β-unsaturated/α-hetero) is 1. The Morgan fingerprint density at radius 3 is 2.65 bits per heavy atom.